The molecule has 1 saturated heterocycles. The van der Waals surface area contributed by atoms with Crippen LogP contribution in [0.4, 0.5) is 0 Å². The Bertz CT molecular complexity index is 410. The second kappa shape index (κ2) is 7.07. The minimum atomic E-state index is 0.255. The van der Waals surface area contributed by atoms with Crippen LogP contribution in [0.2, 0.25) is 0 Å². The fourth-order valence-corrected chi connectivity index (χ4v) is 3.63. The quantitative estimate of drug-likeness (QED) is 0.824. The third-order valence-corrected chi connectivity index (χ3v) is 4.62. The molecule has 0 spiro atoms. The first-order valence-corrected chi connectivity index (χ1v) is 8.19. The van der Waals surface area contributed by atoms with E-state index in [9.17, 15) is 5.11 Å². The van der Waals surface area contributed by atoms with Crippen LogP contribution < -0.4 is 0 Å². The van der Waals surface area contributed by atoms with Crippen LogP contribution in [0, 0.1) is 0 Å². The molecule has 1 aromatic rings. The van der Waals surface area contributed by atoms with Crippen molar-refractivity contribution in [3.63, 3.8) is 0 Å². The number of aromatic hydroxyl groups is 1. The molecule has 0 bridgehead atoms. The normalized spacial score (nSPS) is 19.3. The highest BCUT2D eigenvalue weighted by Gasteiger charge is 2.19. The van der Waals surface area contributed by atoms with E-state index in [2.05, 4.69) is 43.7 Å². The smallest absolute Gasteiger partial charge is 0.143 e. The summed E-state index contributed by atoms with van der Waals surface area (Å²) in [6, 6.07) is 3.94. The van der Waals surface area contributed by atoms with Crippen LogP contribution in [0.5, 0.6) is 5.75 Å². The third-order valence-electron chi connectivity index (χ3n) is 3.42. The van der Waals surface area contributed by atoms with Crippen molar-refractivity contribution in [2.45, 2.75) is 32.4 Å². The van der Waals surface area contributed by atoms with Crippen molar-refractivity contribution in [2.75, 3.05) is 19.7 Å². The molecule has 3 nitrogen and oxygen atoms in total. The number of phenolic OH excluding ortho intramolecular Hbond substituents is 1. The maximum absolute atomic E-state index is 9.72. The molecular weight excluding hydrogens is 374 g/mol. The average Bonchev–Trinajstić information content (AvgIpc) is 2.88. The number of rotatable bonds is 5. The number of nitrogens with zero attached hydrogens (tertiary/aromatic N) is 1. The molecule has 1 fully saturated rings. The molecule has 19 heavy (non-hydrogen) atoms. The summed E-state index contributed by atoms with van der Waals surface area (Å²) in [5.41, 5.74) is 1.18. The van der Waals surface area contributed by atoms with E-state index in [1.165, 1.54) is 18.4 Å². The lowest BCUT2D eigenvalue weighted by Crippen LogP contribution is -2.31. The molecule has 106 valence electrons. The molecule has 0 aromatic heterocycles. The van der Waals surface area contributed by atoms with Gasteiger partial charge in [0.05, 0.1) is 15.0 Å². The first kappa shape index (κ1) is 15.3. The molecule has 1 unspecified atom stereocenters. The first-order valence-electron chi connectivity index (χ1n) is 6.61. The van der Waals surface area contributed by atoms with Gasteiger partial charge in [-0.2, -0.15) is 0 Å². The molecule has 1 heterocycles. The minimum absolute atomic E-state index is 0.255. The number of halogens is 2. The van der Waals surface area contributed by atoms with Crippen molar-refractivity contribution in [3.05, 3.63) is 26.6 Å². The van der Waals surface area contributed by atoms with Gasteiger partial charge in [-0.25, -0.2) is 0 Å². The maximum Gasteiger partial charge on any atom is 0.143 e. The second-order valence-corrected chi connectivity index (χ2v) is 6.58. The largest absolute Gasteiger partial charge is 0.506 e. The third kappa shape index (κ3) is 4.18. The highest BCUT2D eigenvalue weighted by atomic mass is 79.9. The Labute approximate surface area is 131 Å². The van der Waals surface area contributed by atoms with E-state index in [4.69, 9.17) is 4.74 Å². The predicted molar refractivity (Wildman–Crippen MR) is 83.4 cm³/mol. The molecule has 1 aliphatic heterocycles. The molecule has 0 saturated carbocycles. The zero-order valence-electron chi connectivity index (χ0n) is 11.0. The summed E-state index contributed by atoms with van der Waals surface area (Å²) in [6.07, 6.45) is 2.72. The summed E-state index contributed by atoms with van der Waals surface area (Å²) < 4.78 is 7.14. The van der Waals surface area contributed by atoms with Crippen LogP contribution >= 0.6 is 31.9 Å². The van der Waals surface area contributed by atoms with Gasteiger partial charge < -0.3 is 9.84 Å². The Morgan fingerprint density at radius 2 is 2.05 bits per heavy atom. The molecule has 0 aliphatic carbocycles. The van der Waals surface area contributed by atoms with Gasteiger partial charge in [-0.3, -0.25) is 4.90 Å². The topological polar surface area (TPSA) is 32.7 Å². The summed E-state index contributed by atoms with van der Waals surface area (Å²) in [5.74, 6) is 0.255. The lowest BCUT2D eigenvalue weighted by Gasteiger charge is -2.24. The molecule has 1 aliphatic rings. The van der Waals surface area contributed by atoms with Gasteiger partial charge in [0, 0.05) is 19.7 Å². The van der Waals surface area contributed by atoms with Gasteiger partial charge in [-0.15, -0.1) is 0 Å². The molecule has 1 N–H and O–H groups in total. The molecule has 1 aromatic carbocycles. The summed E-state index contributed by atoms with van der Waals surface area (Å²) >= 11 is 6.75. The molecule has 2 rings (SSSR count). The Balaban J connectivity index is 2.01. The number of hydrogen-bond acceptors (Lipinski definition) is 3. The van der Waals surface area contributed by atoms with Gasteiger partial charge in [0.15, 0.2) is 0 Å². The van der Waals surface area contributed by atoms with Crippen molar-refractivity contribution >= 4 is 31.9 Å². The summed E-state index contributed by atoms with van der Waals surface area (Å²) in [6.45, 7) is 5.91. The Hall–Kier alpha value is -0.100. The summed E-state index contributed by atoms with van der Waals surface area (Å²) in [5, 5.41) is 9.72. The van der Waals surface area contributed by atoms with E-state index in [0.29, 0.717) is 6.10 Å². The molecule has 1 atom stereocenters. The van der Waals surface area contributed by atoms with Gasteiger partial charge >= 0.3 is 0 Å². The Kier molecular flexibility index (Phi) is 5.69. The maximum atomic E-state index is 9.72. The average molecular weight is 393 g/mol. The molecule has 0 amide bonds. The van der Waals surface area contributed by atoms with Crippen molar-refractivity contribution in [1.82, 2.24) is 4.90 Å². The number of likely N-dealkylation sites (N-methyl/N-ethyl adjacent to an activating group) is 1. The van der Waals surface area contributed by atoms with E-state index in [0.717, 1.165) is 35.2 Å². The van der Waals surface area contributed by atoms with Crippen LogP contribution in [-0.2, 0) is 11.3 Å². The number of benzene rings is 1. The lowest BCUT2D eigenvalue weighted by atomic mass is 10.2. The van der Waals surface area contributed by atoms with Gasteiger partial charge in [0.25, 0.3) is 0 Å². The van der Waals surface area contributed by atoms with Crippen LogP contribution in [0.25, 0.3) is 0 Å². The predicted octanol–water partition coefficient (Wildman–Crippen LogP) is 3.92. The van der Waals surface area contributed by atoms with E-state index >= 15 is 0 Å². The van der Waals surface area contributed by atoms with E-state index in [1.807, 2.05) is 12.1 Å². The fourth-order valence-electron chi connectivity index (χ4n) is 2.35. The Morgan fingerprint density at radius 3 is 2.58 bits per heavy atom. The highest BCUT2D eigenvalue weighted by molar-refractivity contribution is 9.11. The fraction of sp³-hybridized carbons (Fsp3) is 0.571. The molecule has 0 radical (unpaired) electrons. The van der Waals surface area contributed by atoms with Gasteiger partial charge in [0.1, 0.15) is 5.75 Å². The van der Waals surface area contributed by atoms with Gasteiger partial charge in [-0.1, -0.05) is 6.92 Å². The lowest BCUT2D eigenvalue weighted by molar-refractivity contribution is 0.0725. The van der Waals surface area contributed by atoms with E-state index in [-0.39, 0.29) is 5.75 Å². The Morgan fingerprint density at radius 1 is 1.37 bits per heavy atom. The zero-order chi connectivity index (χ0) is 13.8. The monoisotopic (exact) mass is 391 g/mol. The van der Waals surface area contributed by atoms with Crippen molar-refractivity contribution in [3.8, 4) is 5.75 Å². The number of phenols is 1. The standard InChI is InChI=1S/C14H19Br2NO2/c1-2-17(9-11-4-3-5-19-11)8-10-6-12(15)14(18)13(16)7-10/h6-7,11,18H,2-5,8-9H2,1H3. The van der Waals surface area contributed by atoms with Crippen LogP contribution in [-0.4, -0.2) is 35.8 Å². The SMILES string of the molecule is CCN(Cc1cc(Br)c(O)c(Br)c1)CC1CCCO1. The molecular formula is C14H19Br2NO2. The van der Waals surface area contributed by atoms with E-state index < -0.39 is 0 Å². The van der Waals surface area contributed by atoms with Gasteiger partial charge in [-0.05, 0) is 68.9 Å². The van der Waals surface area contributed by atoms with Crippen molar-refractivity contribution in [1.29, 1.82) is 0 Å². The number of ether oxygens (including phenoxy) is 1. The van der Waals surface area contributed by atoms with Crippen molar-refractivity contribution in [2.24, 2.45) is 0 Å². The highest BCUT2D eigenvalue weighted by Crippen LogP contribution is 2.33. The zero-order valence-corrected chi connectivity index (χ0v) is 14.2. The van der Waals surface area contributed by atoms with Crippen LogP contribution in [0.1, 0.15) is 25.3 Å². The van der Waals surface area contributed by atoms with Crippen molar-refractivity contribution < 1.29 is 9.84 Å². The molecule has 5 heteroatoms. The summed E-state index contributed by atoms with van der Waals surface area (Å²) in [7, 11) is 0. The second-order valence-electron chi connectivity index (χ2n) is 4.87. The minimum Gasteiger partial charge on any atom is -0.506 e. The van der Waals surface area contributed by atoms with Crippen LogP contribution in [0.3, 0.4) is 0 Å². The van der Waals surface area contributed by atoms with E-state index in [1.54, 1.807) is 0 Å². The number of hydrogen-bond donors (Lipinski definition) is 1. The first-order chi connectivity index (χ1) is 9.10. The van der Waals surface area contributed by atoms with Gasteiger partial charge in [0.2, 0.25) is 0 Å². The van der Waals surface area contributed by atoms with Crippen LogP contribution in [0.15, 0.2) is 21.1 Å². The summed E-state index contributed by atoms with van der Waals surface area (Å²) in [4.78, 5) is 2.38.